The van der Waals surface area contributed by atoms with Crippen molar-refractivity contribution < 1.29 is 4.57 Å². The monoisotopic (exact) mass is 201 g/mol. The summed E-state index contributed by atoms with van der Waals surface area (Å²) in [4.78, 5) is 0. The van der Waals surface area contributed by atoms with E-state index in [-0.39, 0.29) is 0 Å². The Hall–Kier alpha value is -1.57. The average molecular weight is 201 g/mol. The summed E-state index contributed by atoms with van der Waals surface area (Å²) in [7, 11) is 2.07. The molecule has 2 aromatic rings. The van der Waals surface area contributed by atoms with E-state index in [2.05, 4.69) is 66.7 Å². The molecule has 2 rings (SSSR count). The number of hydrogen-bond acceptors (Lipinski definition) is 0. The predicted molar refractivity (Wildman–Crippen MR) is 60.6 cm³/mol. The molecule has 15 heavy (non-hydrogen) atoms. The molecular weight excluding hydrogens is 184 g/mol. The van der Waals surface area contributed by atoms with E-state index in [0.29, 0.717) is 0 Å². The first kappa shape index (κ1) is 9.97. The van der Waals surface area contributed by atoms with Crippen molar-refractivity contribution in [2.45, 2.75) is 20.4 Å². The van der Waals surface area contributed by atoms with E-state index >= 15 is 0 Å². The van der Waals surface area contributed by atoms with Crippen molar-refractivity contribution in [1.29, 1.82) is 0 Å². The van der Waals surface area contributed by atoms with Crippen LogP contribution in [0.25, 0.3) is 0 Å². The third kappa shape index (κ3) is 1.94. The molecule has 0 saturated heterocycles. The Morgan fingerprint density at radius 1 is 1.20 bits per heavy atom. The Bertz CT molecular complexity index is 469. The first-order valence-electron chi connectivity index (χ1n) is 5.24. The third-order valence-corrected chi connectivity index (χ3v) is 3.00. The van der Waals surface area contributed by atoms with Crippen LogP contribution in [0.1, 0.15) is 17.0 Å². The van der Waals surface area contributed by atoms with Crippen LogP contribution in [0, 0.1) is 13.8 Å². The highest BCUT2D eigenvalue weighted by molar-refractivity contribution is 5.25. The summed E-state index contributed by atoms with van der Waals surface area (Å²) in [5.41, 5.74) is 2.74. The zero-order valence-corrected chi connectivity index (χ0v) is 9.57. The number of aromatic nitrogens is 2. The van der Waals surface area contributed by atoms with Crippen molar-refractivity contribution in [3.8, 4) is 0 Å². The van der Waals surface area contributed by atoms with Crippen LogP contribution in [-0.4, -0.2) is 4.57 Å². The third-order valence-electron chi connectivity index (χ3n) is 3.00. The highest BCUT2D eigenvalue weighted by Gasteiger charge is 2.09. The van der Waals surface area contributed by atoms with Crippen LogP contribution in [-0.2, 0) is 13.6 Å². The molecule has 2 nitrogen and oxygen atoms in total. The zero-order chi connectivity index (χ0) is 10.8. The van der Waals surface area contributed by atoms with Gasteiger partial charge < -0.3 is 0 Å². The average Bonchev–Trinajstić information content (AvgIpc) is 2.53. The number of nitrogens with zero attached hydrogens (tertiary/aromatic N) is 2. The molecule has 0 saturated carbocycles. The Morgan fingerprint density at radius 3 is 2.53 bits per heavy atom. The highest BCUT2D eigenvalue weighted by Crippen LogP contribution is 2.09. The highest BCUT2D eigenvalue weighted by atomic mass is 15.1. The zero-order valence-electron chi connectivity index (χ0n) is 9.57. The van der Waals surface area contributed by atoms with Gasteiger partial charge in [0.15, 0.2) is 0 Å². The summed E-state index contributed by atoms with van der Waals surface area (Å²) >= 11 is 0. The Balaban J connectivity index is 2.30. The van der Waals surface area contributed by atoms with Crippen molar-refractivity contribution in [3.05, 3.63) is 53.6 Å². The first-order chi connectivity index (χ1) is 7.18. The molecule has 0 aliphatic carbocycles. The van der Waals surface area contributed by atoms with Gasteiger partial charge >= 0.3 is 0 Å². The van der Waals surface area contributed by atoms with Crippen LogP contribution in [0.4, 0.5) is 0 Å². The molecule has 0 aliphatic heterocycles. The van der Waals surface area contributed by atoms with Gasteiger partial charge in [-0.15, -0.1) is 0 Å². The molecule has 0 spiro atoms. The van der Waals surface area contributed by atoms with E-state index in [1.54, 1.807) is 0 Å². The molecule has 0 atom stereocenters. The van der Waals surface area contributed by atoms with Crippen molar-refractivity contribution >= 4 is 0 Å². The van der Waals surface area contributed by atoms with E-state index in [1.807, 2.05) is 0 Å². The van der Waals surface area contributed by atoms with Crippen LogP contribution < -0.4 is 4.57 Å². The molecule has 1 aromatic carbocycles. The predicted octanol–water partition coefficient (Wildman–Crippen LogP) is 1.98. The summed E-state index contributed by atoms with van der Waals surface area (Å²) in [5.74, 6) is 1.28. The largest absolute Gasteiger partial charge is 0.253 e. The van der Waals surface area contributed by atoms with Gasteiger partial charge in [-0.05, 0) is 18.1 Å². The summed E-state index contributed by atoms with van der Waals surface area (Å²) in [5, 5.41) is 0. The van der Waals surface area contributed by atoms with Crippen LogP contribution in [0.5, 0.6) is 0 Å². The van der Waals surface area contributed by atoms with Crippen molar-refractivity contribution in [3.63, 3.8) is 0 Å². The standard InChI is InChI=1S/C13H17N2/c1-11-6-4-5-7-13(11)10-15-9-8-14(3)12(15)2/h4-9H,10H2,1-3H3/q+1. The van der Waals surface area contributed by atoms with Gasteiger partial charge in [-0.1, -0.05) is 24.3 Å². The molecule has 78 valence electrons. The second-order valence-electron chi connectivity index (χ2n) is 4.01. The molecule has 0 unspecified atom stereocenters. The van der Waals surface area contributed by atoms with Gasteiger partial charge in [0, 0.05) is 6.92 Å². The molecule has 0 bridgehead atoms. The lowest BCUT2D eigenvalue weighted by molar-refractivity contribution is -0.677. The number of benzene rings is 1. The Morgan fingerprint density at radius 2 is 1.93 bits per heavy atom. The van der Waals surface area contributed by atoms with Crippen LogP contribution in [0.3, 0.4) is 0 Å². The molecule has 0 amide bonds. The molecule has 0 aliphatic rings. The fourth-order valence-corrected chi connectivity index (χ4v) is 1.74. The van der Waals surface area contributed by atoms with Crippen molar-refractivity contribution in [2.24, 2.45) is 7.05 Å². The maximum absolute atomic E-state index is 2.27. The van der Waals surface area contributed by atoms with E-state index in [4.69, 9.17) is 0 Å². The number of imidazole rings is 1. The minimum absolute atomic E-state index is 0.958. The number of aryl methyl sites for hydroxylation is 2. The Labute approximate surface area is 90.8 Å². The van der Waals surface area contributed by atoms with Gasteiger partial charge in [0.05, 0.1) is 7.05 Å². The lowest BCUT2D eigenvalue weighted by atomic mass is 10.1. The van der Waals surface area contributed by atoms with Crippen molar-refractivity contribution in [2.75, 3.05) is 0 Å². The van der Waals surface area contributed by atoms with Gasteiger partial charge in [-0.2, -0.15) is 0 Å². The summed E-state index contributed by atoms with van der Waals surface area (Å²) in [6, 6.07) is 8.53. The summed E-state index contributed by atoms with van der Waals surface area (Å²) in [6.07, 6.45) is 4.22. The summed E-state index contributed by atoms with van der Waals surface area (Å²) in [6.45, 7) is 5.26. The molecule has 1 heterocycles. The topological polar surface area (TPSA) is 8.81 Å². The number of hydrogen-bond donors (Lipinski definition) is 0. The van der Waals surface area contributed by atoms with Crippen LogP contribution in [0.2, 0.25) is 0 Å². The van der Waals surface area contributed by atoms with Gasteiger partial charge in [0.25, 0.3) is 5.82 Å². The molecular formula is C13H17N2+. The maximum atomic E-state index is 2.27. The minimum Gasteiger partial charge on any atom is -0.237 e. The van der Waals surface area contributed by atoms with E-state index in [1.165, 1.54) is 17.0 Å². The number of rotatable bonds is 2. The van der Waals surface area contributed by atoms with E-state index in [9.17, 15) is 0 Å². The van der Waals surface area contributed by atoms with Gasteiger partial charge in [0.2, 0.25) is 0 Å². The van der Waals surface area contributed by atoms with E-state index in [0.717, 1.165) is 6.54 Å². The van der Waals surface area contributed by atoms with Gasteiger partial charge in [-0.25, -0.2) is 9.13 Å². The van der Waals surface area contributed by atoms with Gasteiger partial charge in [-0.3, -0.25) is 0 Å². The lowest BCUT2D eigenvalue weighted by Gasteiger charge is -2.03. The lowest BCUT2D eigenvalue weighted by Crippen LogP contribution is -2.29. The smallest absolute Gasteiger partial charge is 0.237 e. The Kier molecular flexibility index (Phi) is 2.58. The normalized spacial score (nSPS) is 10.6. The summed E-state index contributed by atoms with van der Waals surface area (Å²) < 4.78 is 4.40. The van der Waals surface area contributed by atoms with Crippen LogP contribution >= 0.6 is 0 Å². The quantitative estimate of drug-likeness (QED) is 0.657. The molecule has 1 aromatic heterocycles. The second kappa shape index (κ2) is 3.89. The van der Waals surface area contributed by atoms with Crippen LogP contribution in [0.15, 0.2) is 36.7 Å². The fraction of sp³-hybridized carbons (Fsp3) is 0.308. The van der Waals surface area contributed by atoms with Gasteiger partial charge in [0.1, 0.15) is 18.9 Å². The van der Waals surface area contributed by atoms with E-state index < -0.39 is 0 Å². The SMILES string of the molecule is Cc1ccccc1Cn1cc[n+](C)c1C. The minimum atomic E-state index is 0.958. The maximum Gasteiger partial charge on any atom is 0.253 e. The molecule has 0 fully saturated rings. The molecule has 0 N–H and O–H groups in total. The second-order valence-corrected chi connectivity index (χ2v) is 4.01. The van der Waals surface area contributed by atoms with Crippen molar-refractivity contribution in [1.82, 2.24) is 4.57 Å². The molecule has 0 radical (unpaired) electrons. The molecule has 2 heteroatoms. The first-order valence-corrected chi connectivity index (χ1v) is 5.24. The fourth-order valence-electron chi connectivity index (χ4n) is 1.74.